The van der Waals surface area contributed by atoms with Gasteiger partial charge < -0.3 is 10.2 Å². The molecular formula is C21H30N4O4. The molecule has 0 bridgehead atoms. The highest BCUT2D eigenvalue weighted by Crippen LogP contribution is 2.25. The fraction of sp³-hybridized carbons (Fsp3) is 0.619. The number of carbonyl (C=O) groups excluding carboxylic acids is 2. The summed E-state index contributed by atoms with van der Waals surface area (Å²) in [6.45, 7) is 5.05. The Kier molecular flexibility index (Phi) is 7.19. The minimum atomic E-state index is -0.447. The van der Waals surface area contributed by atoms with Crippen molar-refractivity contribution in [2.24, 2.45) is 5.92 Å². The van der Waals surface area contributed by atoms with Crippen molar-refractivity contribution in [2.45, 2.75) is 45.4 Å². The van der Waals surface area contributed by atoms with E-state index in [1.165, 1.54) is 18.9 Å². The predicted octanol–water partition coefficient (Wildman–Crippen LogP) is 2.96. The van der Waals surface area contributed by atoms with Gasteiger partial charge in [0.15, 0.2) is 0 Å². The molecule has 0 radical (unpaired) electrons. The molecule has 2 aliphatic heterocycles. The molecule has 2 fully saturated rings. The van der Waals surface area contributed by atoms with Gasteiger partial charge in [0, 0.05) is 25.1 Å². The predicted molar refractivity (Wildman–Crippen MR) is 111 cm³/mol. The summed E-state index contributed by atoms with van der Waals surface area (Å²) in [6, 6.07) is 4.67. The van der Waals surface area contributed by atoms with Crippen molar-refractivity contribution >= 4 is 23.2 Å². The molecule has 0 aliphatic carbocycles. The summed E-state index contributed by atoms with van der Waals surface area (Å²) in [6.07, 6.45) is 6.17. The lowest BCUT2D eigenvalue weighted by atomic mass is 9.95. The Labute approximate surface area is 171 Å². The van der Waals surface area contributed by atoms with E-state index in [1.54, 1.807) is 19.1 Å². The van der Waals surface area contributed by atoms with Gasteiger partial charge in [-0.25, -0.2) is 0 Å². The van der Waals surface area contributed by atoms with Crippen molar-refractivity contribution in [1.82, 2.24) is 9.80 Å². The standard InChI is InChI=1S/C21H30N4O4/c1-16-18(7-6-8-19(16)25(28)29)22-20(26)15-23-13-9-17(10-14-23)21(27)24-11-4-2-3-5-12-24/h6-8,17H,2-5,9-15H2,1H3,(H,22,26). The Balaban J connectivity index is 1.48. The van der Waals surface area contributed by atoms with Gasteiger partial charge in [0.2, 0.25) is 11.8 Å². The molecule has 8 heteroatoms. The van der Waals surface area contributed by atoms with Crippen LogP contribution in [0.25, 0.3) is 0 Å². The van der Waals surface area contributed by atoms with Gasteiger partial charge in [-0.15, -0.1) is 0 Å². The van der Waals surface area contributed by atoms with Gasteiger partial charge >= 0.3 is 0 Å². The molecule has 3 rings (SSSR count). The number of hydrogen-bond donors (Lipinski definition) is 1. The van der Waals surface area contributed by atoms with Crippen LogP contribution in [0.15, 0.2) is 18.2 Å². The van der Waals surface area contributed by atoms with E-state index in [2.05, 4.69) is 5.32 Å². The summed E-state index contributed by atoms with van der Waals surface area (Å²) in [7, 11) is 0. The van der Waals surface area contributed by atoms with Crippen LogP contribution in [0.5, 0.6) is 0 Å². The summed E-state index contributed by atoms with van der Waals surface area (Å²) in [5, 5.41) is 13.8. The van der Waals surface area contributed by atoms with Gasteiger partial charge in [0.25, 0.3) is 5.69 Å². The Morgan fingerprint density at radius 3 is 2.38 bits per heavy atom. The number of piperidine rings is 1. The maximum Gasteiger partial charge on any atom is 0.274 e. The highest BCUT2D eigenvalue weighted by molar-refractivity contribution is 5.93. The third-order valence-electron chi connectivity index (χ3n) is 6.00. The first kappa shape index (κ1) is 21.2. The quantitative estimate of drug-likeness (QED) is 0.603. The number of nitrogens with zero attached hydrogens (tertiary/aromatic N) is 3. The van der Waals surface area contributed by atoms with Crippen molar-refractivity contribution < 1.29 is 14.5 Å². The highest BCUT2D eigenvalue weighted by atomic mass is 16.6. The van der Waals surface area contributed by atoms with Crippen LogP contribution in [0.1, 0.15) is 44.1 Å². The zero-order chi connectivity index (χ0) is 20.8. The van der Waals surface area contributed by atoms with Crippen LogP contribution in [-0.4, -0.2) is 59.3 Å². The van der Waals surface area contributed by atoms with Crippen LogP contribution in [-0.2, 0) is 9.59 Å². The number of amides is 2. The fourth-order valence-electron chi connectivity index (χ4n) is 4.24. The van der Waals surface area contributed by atoms with Gasteiger partial charge in [-0.1, -0.05) is 18.9 Å². The number of hydrogen-bond acceptors (Lipinski definition) is 5. The summed E-state index contributed by atoms with van der Waals surface area (Å²) in [5.74, 6) is 0.153. The van der Waals surface area contributed by atoms with E-state index in [4.69, 9.17) is 0 Å². The van der Waals surface area contributed by atoms with Gasteiger partial charge in [-0.2, -0.15) is 0 Å². The number of anilines is 1. The molecule has 0 atom stereocenters. The molecule has 8 nitrogen and oxygen atoms in total. The van der Waals surface area contributed by atoms with Crippen molar-refractivity contribution in [3.63, 3.8) is 0 Å². The Bertz CT molecular complexity index is 751. The van der Waals surface area contributed by atoms with Crippen molar-refractivity contribution in [2.75, 3.05) is 38.0 Å². The zero-order valence-corrected chi connectivity index (χ0v) is 17.1. The number of nitro benzene ring substituents is 1. The Hall–Kier alpha value is -2.48. The van der Waals surface area contributed by atoms with Crippen LogP contribution >= 0.6 is 0 Å². The van der Waals surface area contributed by atoms with Crippen molar-refractivity contribution in [3.8, 4) is 0 Å². The molecule has 0 unspecified atom stereocenters. The topological polar surface area (TPSA) is 95.8 Å². The average molecular weight is 402 g/mol. The fourth-order valence-corrected chi connectivity index (χ4v) is 4.24. The minimum absolute atomic E-state index is 0.00404. The monoisotopic (exact) mass is 402 g/mol. The van der Waals surface area contributed by atoms with E-state index < -0.39 is 4.92 Å². The lowest BCUT2D eigenvalue weighted by Crippen LogP contribution is -2.44. The second-order valence-corrected chi connectivity index (χ2v) is 8.04. The van der Waals surface area contributed by atoms with E-state index in [9.17, 15) is 19.7 Å². The van der Waals surface area contributed by atoms with E-state index >= 15 is 0 Å². The maximum absolute atomic E-state index is 12.8. The van der Waals surface area contributed by atoms with Crippen LogP contribution in [0.2, 0.25) is 0 Å². The molecule has 0 saturated carbocycles. The van der Waals surface area contributed by atoms with E-state index in [0.717, 1.165) is 38.8 Å². The molecule has 158 valence electrons. The maximum atomic E-state index is 12.8. The molecule has 1 aromatic rings. The second-order valence-electron chi connectivity index (χ2n) is 8.04. The normalized spacial score (nSPS) is 18.9. The number of rotatable bonds is 5. The van der Waals surface area contributed by atoms with Crippen LogP contribution in [0.4, 0.5) is 11.4 Å². The van der Waals surface area contributed by atoms with Crippen molar-refractivity contribution in [1.29, 1.82) is 0 Å². The van der Waals surface area contributed by atoms with Gasteiger partial charge in [-0.3, -0.25) is 24.6 Å². The van der Waals surface area contributed by atoms with E-state index in [-0.39, 0.29) is 30.0 Å². The first-order valence-corrected chi connectivity index (χ1v) is 10.5. The number of likely N-dealkylation sites (tertiary alicyclic amines) is 2. The van der Waals surface area contributed by atoms with E-state index in [0.29, 0.717) is 24.3 Å². The molecule has 0 aromatic heterocycles. The second kappa shape index (κ2) is 9.82. The molecule has 2 amide bonds. The minimum Gasteiger partial charge on any atom is -0.342 e. The smallest absolute Gasteiger partial charge is 0.274 e. The Morgan fingerprint density at radius 2 is 1.76 bits per heavy atom. The number of benzene rings is 1. The molecule has 2 heterocycles. The third kappa shape index (κ3) is 5.53. The molecule has 0 spiro atoms. The van der Waals surface area contributed by atoms with E-state index in [1.807, 2.05) is 9.80 Å². The SMILES string of the molecule is Cc1c(NC(=O)CN2CCC(C(=O)N3CCCCCC3)CC2)cccc1[N+](=O)[O-]. The van der Waals surface area contributed by atoms with Gasteiger partial charge in [0.05, 0.1) is 22.7 Å². The summed E-state index contributed by atoms with van der Waals surface area (Å²) in [5.41, 5.74) is 0.915. The molecule has 1 aromatic carbocycles. The number of carbonyl (C=O) groups is 2. The van der Waals surface area contributed by atoms with Crippen LogP contribution in [0, 0.1) is 23.0 Å². The van der Waals surface area contributed by atoms with Gasteiger partial charge in [-0.05, 0) is 51.8 Å². The summed E-state index contributed by atoms with van der Waals surface area (Å²) < 4.78 is 0. The van der Waals surface area contributed by atoms with Gasteiger partial charge in [0.1, 0.15) is 0 Å². The Morgan fingerprint density at radius 1 is 1.10 bits per heavy atom. The highest BCUT2D eigenvalue weighted by Gasteiger charge is 2.29. The molecule has 29 heavy (non-hydrogen) atoms. The largest absolute Gasteiger partial charge is 0.342 e. The van der Waals surface area contributed by atoms with Crippen LogP contribution in [0.3, 0.4) is 0 Å². The zero-order valence-electron chi connectivity index (χ0n) is 17.1. The lowest BCUT2D eigenvalue weighted by Gasteiger charge is -2.33. The lowest BCUT2D eigenvalue weighted by molar-refractivity contribution is -0.385. The first-order chi connectivity index (χ1) is 14.0. The third-order valence-corrected chi connectivity index (χ3v) is 6.00. The average Bonchev–Trinajstić information content (AvgIpc) is 2.99. The number of nitro groups is 1. The van der Waals surface area contributed by atoms with Crippen molar-refractivity contribution in [3.05, 3.63) is 33.9 Å². The van der Waals surface area contributed by atoms with Crippen LogP contribution < -0.4 is 5.32 Å². The molecule has 2 aliphatic rings. The first-order valence-electron chi connectivity index (χ1n) is 10.5. The molecule has 1 N–H and O–H groups in total. The molecule has 2 saturated heterocycles. The number of nitrogens with one attached hydrogen (secondary N) is 1. The summed E-state index contributed by atoms with van der Waals surface area (Å²) in [4.78, 5) is 39.9. The molecular weight excluding hydrogens is 372 g/mol. The summed E-state index contributed by atoms with van der Waals surface area (Å²) >= 11 is 0.